The molecule has 0 bridgehead atoms. The summed E-state index contributed by atoms with van der Waals surface area (Å²) in [4.78, 5) is 0. The zero-order valence-electron chi connectivity index (χ0n) is 12.4. The van der Waals surface area contributed by atoms with Gasteiger partial charge in [-0.3, -0.25) is 4.68 Å². The van der Waals surface area contributed by atoms with Gasteiger partial charge in [0.1, 0.15) is 0 Å². The molecule has 0 radical (unpaired) electrons. The lowest BCUT2D eigenvalue weighted by molar-refractivity contribution is 0.569. The summed E-state index contributed by atoms with van der Waals surface area (Å²) in [6, 6.07) is 0.393. The zero-order chi connectivity index (χ0) is 13.5. The zero-order valence-corrected chi connectivity index (χ0v) is 13.2. The maximum absolute atomic E-state index is 4.81. The number of rotatable bonds is 8. The van der Waals surface area contributed by atoms with Crippen LogP contribution in [0.2, 0.25) is 0 Å². The molecule has 0 amide bonds. The number of aromatic nitrogens is 2. The van der Waals surface area contributed by atoms with Crippen LogP contribution in [0.3, 0.4) is 0 Å². The fourth-order valence-electron chi connectivity index (χ4n) is 2.39. The monoisotopic (exact) mass is 269 g/mol. The van der Waals surface area contributed by atoms with Crippen molar-refractivity contribution in [2.45, 2.75) is 52.6 Å². The first kappa shape index (κ1) is 15.6. The lowest BCUT2D eigenvalue weighted by Gasteiger charge is -2.13. The van der Waals surface area contributed by atoms with Gasteiger partial charge in [0.15, 0.2) is 0 Å². The Morgan fingerprint density at radius 1 is 1.33 bits per heavy atom. The lowest BCUT2D eigenvalue weighted by atomic mass is 10.0. The van der Waals surface area contributed by atoms with E-state index in [1.165, 1.54) is 29.1 Å². The maximum Gasteiger partial charge on any atom is 0.0672 e. The van der Waals surface area contributed by atoms with Crippen molar-refractivity contribution in [3.63, 3.8) is 0 Å². The molecule has 104 valence electrons. The first-order chi connectivity index (χ1) is 8.69. The van der Waals surface area contributed by atoms with E-state index in [4.69, 9.17) is 5.10 Å². The molecule has 1 unspecified atom stereocenters. The first-order valence-corrected chi connectivity index (χ1v) is 8.33. The van der Waals surface area contributed by atoms with Crippen LogP contribution in [0.1, 0.15) is 50.2 Å². The molecule has 1 atom stereocenters. The summed E-state index contributed by atoms with van der Waals surface area (Å²) in [6.07, 6.45) is 5.44. The molecule has 1 heterocycles. The van der Waals surface area contributed by atoms with Gasteiger partial charge in [-0.2, -0.15) is 16.9 Å². The fourth-order valence-corrected chi connectivity index (χ4v) is 2.81. The summed E-state index contributed by atoms with van der Waals surface area (Å²) >= 11 is 1.91. The molecule has 0 aliphatic heterocycles. The molecular weight excluding hydrogens is 242 g/mol. The number of nitrogens with one attached hydrogen (secondary N) is 1. The van der Waals surface area contributed by atoms with Gasteiger partial charge in [-0.15, -0.1) is 0 Å². The van der Waals surface area contributed by atoms with Crippen LogP contribution < -0.4 is 5.32 Å². The topological polar surface area (TPSA) is 29.9 Å². The normalized spacial score (nSPS) is 12.9. The van der Waals surface area contributed by atoms with Crippen LogP contribution >= 0.6 is 11.8 Å². The minimum absolute atomic E-state index is 0.393. The lowest BCUT2D eigenvalue weighted by Crippen LogP contribution is -2.15. The Morgan fingerprint density at radius 2 is 2.06 bits per heavy atom. The molecular formula is C14H27N3S. The van der Waals surface area contributed by atoms with Crippen LogP contribution in [-0.2, 0) is 19.4 Å². The van der Waals surface area contributed by atoms with Crippen molar-refractivity contribution in [3.05, 3.63) is 17.0 Å². The highest BCUT2D eigenvalue weighted by Gasteiger charge is 2.19. The minimum atomic E-state index is 0.393. The Morgan fingerprint density at radius 3 is 2.56 bits per heavy atom. The average Bonchev–Trinajstić information content (AvgIpc) is 2.75. The summed E-state index contributed by atoms with van der Waals surface area (Å²) in [7, 11) is 2.02. The van der Waals surface area contributed by atoms with Crippen molar-refractivity contribution in [2.24, 2.45) is 0 Å². The van der Waals surface area contributed by atoms with Gasteiger partial charge in [0.05, 0.1) is 5.69 Å². The Labute approximate surface area is 116 Å². The van der Waals surface area contributed by atoms with Gasteiger partial charge >= 0.3 is 0 Å². The predicted molar refractivity (Wildman–Crippen MR) is 81.5 cm³/mol. The van der Waals surface area contributed by atoms with Crippen LogP contribution in [0.4, 0.5) is 0 Å². The van der Waals surface area contributed by atoms with Crippen molar-refractivity contribution in [3.8, 4) is 0 Å². The summed E-state index contributed by atoms with van der Waals surface area (Å²) < 4.78 is 2.23. The second kappa shape index (κ2) is 7.85. The van der Waals surface area contributed by atoms with Gasteiger partial charge in [-0.05, 0) is 45.2 Å². The van der Waals surface area contributed by atoms with E-state index in [1.54, 1.807) is 0 Å². The van der Waals surface area contributed by atoms with Crippen LogP contribution in [-0.4, -0.2) is 28.8 Å². The number of nitrogens with zero attached hydrogens (tertiary/aromatic N) is 2. The van der Waals surface area contributed by atoms with Crippen LogP contribution in [0.15, 0.2) is 0 Å². The minimum Gasteiger partial charge on any atom is -0.313 e. The van der Waals surface area contributed by atoms with Crippen molar-refractivity contribution in [2.75, 3.05) is 19.1 Å². The molecule has 0 saturated carbocycles. The summed E-state index contributed by atoms with van der Waals surface area (Å²) in [6.45, 7) is 7.70. The third-order valence-electron chi connectivity index (χ3n) is 3.43. The van der Waals surface area contributed by atoms with Crippen molar-refractivity contribution in [1.29, 1.82) is 0 Å². The molecule has 18 heavy (non-hydrogen) atoms. The molecule has 1 aromatic rings. The van der Waals surface area contributed by atoms with Gasteiger partial charge in [0.2, 0.25) is 0 Å². The number of hydrogen-bond donors (Lipinski definition) is 1. The third-order valence-corrected chi connectivity index (χ3v) is 4.13. The first-order valence-electron chi connectivity index (χ1n) is 6.94. The average molecular weight is 269 g/mol. The van der Waals surface area contributed by atoms with Crippen molar-refractivity contribution >= 4 is 11.8 Å². The molecule has 1 aromatic heterocycles. The number of hydrogen-bond acceptors (Lipinski definition) is 3. The molecule has 3 nitrogen and oxygen atoms in total. The molecule has 1 N–H and O–H groups in total. The van der Waals surface area contributed by atoms with Gasteiger partial charge in [-0.1, -0.05) is 13.8 Å². The highest BCUT2D eigenvalue weighted by molar-refractivity contribution is 7.98. The van der Waals surface area contributed by atoms with Gasteiger partial charge in [0.25, 0.3) is 0 Å². The quantitative estimate of drug-likeness (QED) is 0.736. The SMILES string of the molecule is CCc1nn(CCCSC)c(CC)c1C(C)NC. The Balaban J connectivity index is 3.00. The van der Waals surface area contributed by atoms with E-state index in [2.05, 4.69) is 37.0 Å². The second-order valence-electron chi connectivity index (χ2n) is 4.59. The third kappa shape index (κ3) is 3.51. The predicted octanol–water partition coefficient (Wildman–Crippen LogP) is 3.04. The summed E-state index contributed by atoms with van der Waals surface area (Å²) in [5, 5.41) is 8.16. The van der Waals surface area contributed by atoms with E-state index in [1.807, 2.05) is 18.8 Å². The summed E-state index contributed by atoms with van der Waals surface area (Å²) in [5.74, 6) is 1.21. The van der Waals surface area contributed by atoms with Crippen molar-refractivity contribution in [1.82, 2.24) is 15.1 Å². The number of aryl methyl sites for hydroxylation is 2. The van der Waals surface area contributed by atoms with Crippen LogP contribution in [0, 0.1) is 0 Å². The maximum atomic E-state index is 4.81. The van der Waals surface area contributed by atoms with E-state index < -0.39 is 0 Å². The largest absolute Gasteiger partial charge is 0.313 e. The second-order valence-corrected chi connectivity index (χ2v) is 5.58. The molecule has 0 fully saturated rings. The standard InChI is InChI=1S/C14H27N3S/c1-6-12-14(11(3)15-4)13(7-2)17(16-12)9-8-10-18-5/h11,15H,6-10H2,1-5H3. The van der Waals surface area contributed by atoms with Gasteiger partial charge < -0.3 is 5.32 Å². The fraction of sp³-hybridized carbons (Fsp3) is 0.786. The molecule has 0 aliphatic carbocycles. The Bertz CT molecular complexity index is 360. The smallest absolute Gasteiger partial charge is 0.0672 e. The van der Waals surface area contributed by atoms with E-state index in [0.717, 1.165) is 19.4 Å². The summed E-state index contributed by atoms with van der Waals surface area (Å²) in [5.41, 5.74) is 4.10. The molecule has 0 spiro atoms. The number of thioether (sulfide) groups is 1. The molecule has 4 heteroatoms. The molecule has 0 aliphatic rings. The van der Waals surface area contributed by atoms with E-state index in [0.29, 0.717) is 6.04 Å². The highest BCUT2D eigenvalue weighted by atomic mass is 32.2. The van der Waals surface area contributed by atoms with Gasteiger partial charge in [-0.25, -0.2) is 0 Å². The van der Waals surface area contributed by atoms with Crippen LogP contribution in [0.5, 0.6) is 0 Å². The van der Waals surface area contributed by atoms with E-state index in [9.17, 15) is 0 Å². The highest BCUT2D eigenvalue weighted by Crippen LogP contribution is 2.23. The van der Waals surface area contributed by atoms with E-state index in [-0.39, 0.29) is 0 Å². The Kier molecular flexibility index (Phi) is 6.79. The molecule has 1 rings (SSSR count). The van der Waals surface area contributed by atoms with Gasteiger partial charge in [0, 0.05) is 23.8 Å². The van der Waals surface area contributed by atoms with Crippen molar-refractivity contribution < 1.29 is 0 Å². The van der Waals surface area contributed by atoms with E-state index >= 15 is 0 Å². The Hall–Kier alpha value is -0.480. The van der Waals surface area contributed by atoms with Crippen LogP contribution in [0.25, 0.3) is 0 Å². The molecule has 0 saturated heterocycles. The molecule has 0 aromatic carbocycles.